The molecule has 12 nitrogen and oxygen atoms in total. The van der Waals surface area contributed by atoms with E-state index in [9.17, 15) is 14.4 Å². The highest BCUT2D eigenvalue weighted by molar-refractivity contribution is 5.82. The van der Waals surface area contributed by atoms with Crippen molar-refractivity contribution >= 4 is 34.9 Å². The number of carbonyl (C=O) groups is 3. The minimum Gasteiger partial charge on any atom is -0.463 e. The van der Waals surface area contributed by atoms with Gasteiger partial charge in [0.15, 0.2) is 35.4 Å². The van der Waals surface area contributed by atoms with Gasteiger partial charge < -0.3 is 24.7 Å². The zero-order chi connectivity index (χ0) is 22.0. The van der Waals surface area contributed by atoms with Gasteiger partial charge in [0.2, 0.25) is 0 Å². The van der Waals surface area contributed by atoms with Crippen LogP contribution in [0.3, 0.4) is 0 Å². The number of anilines is 1. The van der Waals surface area contributed by atoms with Gasteiger partial charge >= 0.3 is 17.9 Å². The van der Waals surface area contributed by atoms with E-state index in [0.29, 0.717) is 23.4 Å². The van der Waals surface area contributed by atoms with Crippen LogP contribution in [0.2, 0.25) is 0 Å². The minimum absolute atomic E-state index is 0.184. The Bertz CT molecular complexity index is 975. The maximum atomic E-state index is 11.8. The first-order valence-corrected chi connectivity index (χ1v) is 9.33. The molecule has 1 saturated heterocycles. The monoisotopic (exact) mass is 421 g/mol. The molecule has 2 aromatic heterocycles. The molecule has 162 valence electrons. The van der Waals surface area contributed by atoms with E-state index in [4.69, 9.17) is 24.7 Å². The largest absolute Gasteiger partial charge is 0.463 e. The average Bonchev–Trinajstić information content (AvgIpc) is 3.18. The van der Waals surface area contributed by atoms with Crippen molar-refractivity contribution in [2.24, 2.45) is 0 Å². The molecular weight excluding hydrogens is 398 g/mol. The topological polar surface area (TPSA) is 158 Å². The molecule has 0 amide bonds. The van der Waals surface area contributed by atoms with Crippen molar-refractivity contribution in [1.82, 2.24) is 19.5 Å². The molecule has 0 aliphatic carbocycles. The molecule has 1 fully saturated rings. The van der Waals surface area contributed by atoms with Crippen LogP contribution in [0.25, 0.3) is 11.2 Å². The molecule has 0 radical (unpaired) electrons. The number of rotatable bonds is 6. The summed E-state index contributed by atoms with van der Waals surface area (Å²) in [7, 11) is 0. The van der Waals surface area contributed by atoms with Crippen LogP contribution in [0.1, 0.15) is 39.7 Å². The zero-order valence-corrected chi connectivity index (χ0v) is 17.0. The predicted octanol–water partition coefficient (Wildman–Crippen LogP) is 0.295. The molecule has 3 heterocycles. The van der Waals surface area contributed by atoms with E-state index in [0.717, 1.165) is 0 Å². The van der Waals surface area contributed by atoms with Gasteiger partial charge in [-0.05, 0) is 0 Å². The number of ether oxygens (including phenoxy) is 4. The second-order valence-electron chi connectivity index (χ2n) is 6.70. The van der Waals surface area contributed by atoms with E-state index in [1.165, 1.54) is 27.1 Å². The van der Waals surface area contributed by atoms with E-state index >= 15 is 0 Å². The van der Waals surface area contributed by atoms with Crippen LogP contribution in [0.4, 0.5) is 5.82 Å². The molecule has 2 aromatic rings. The Morgan fingerprint density at radius 1 is 1.10 bits per heavy atom. The summed E-state index contributed by atoms with van der Waals surface area (Å²) in [5.74, 6) is -1.00. The fourth-order valence-electron chi connectivity index (χ4n) is 3.39. The lowest BCUT2D eigenvalue weighted by atomic mass is 10.1. The Labute approximate surface area is 171 Å². The molecule has 0 unspecified atom stereocenters. The molecule has 3 rings (SSSR count). The predicted molar refractivity (Wildman–Crippen MR) is 101 cm³/mol. The van der Waals surface area contributed by atoms with Crippen LogP contribution in [0.5, 0.6) is 0 Å². The van der Waals surface area contributed by atoms with E-state index < -0.39 is 42.4 Å². The molecule has 0 saturated carbocycles. The van der Waals surface area contributed by atoms with Crippen LogP contribution in [-0.2, 0) is 39.8 Å². The lowest BCUT2D eigenvalue weighted by Gasteiger charge is -2.24. The van der Waals surface area contributed by atoms with E-state index in [-0.39, 0.29) is 12.4 Å². The fourth-order valence-corrected chi connectivity index (χ4v) is 3.39. The second-order valence-corrected chi connectivity index (χ2v) is 6.70. The summed E-state index contributed by atoms with van der Waals surface area (Å²) in [4.78, 5) is 47.5. The van der Waals surface area contributed by atoms with Crippen LogP contribution >= 0.6 is 0 Å². The van der Waals surface area contributed by atoms with Crippen molar-refractivity contribution < 1.29 is 33.3 Å². The number of aryl methyl sites for hydroxylation is 1. The van der Waals surface area contributed by atoms with Gasteiger partial charge in [0.25, 0.3) is 0 Å². The first-order valence-electron chi connectivity index (χ1n) is 9.33. The number of imidazole rings is 1. The Morgan fingerprint density at radius 3 is 2.37 bits per heavy atom. The third-order valence-corrected chi connectivity index (χ3v) is 4.49. The van der Waals surface area contributed by atoms with E-state index in [1.54, 1.807) is 4.57 Å². The van der Waals surface area contributed by atoms with Gasteiger partial charge in [0.05, 0.1) is 0 Å². The molecule has 0 spiro atoms. The molecule has 12 heteroatoms. The van der Waals surface area contributed by atoms with E-state index in [2.05, 4.69) is 15.0 Å². The number of esters is 3. The second kappa shape index (κ2) is 8.61. The number of carbonyl (C=O) groups excluding carboxylic acids is 3. The van der Waals surface area contributed by atoms with Crippen LogP contribution < -0.4 is 5.73 Å². The third kappa shape index (κ3) is 4.17. The van der Waals surface area contributed by atoms with Crippen molar-refractivity contribution in [3.05, 3.63) is 12.2 Å². The van der Waals surface area contributed by atoms with Crippen LogP contribution in [0.15, 0.2) is 6.33 Å². The molecule has 1 aliphatic rings. The average molecular weight is 421 g/mol. The maximum absolute atomic E-state index is 11.8. The summed E-state index contributed by atoms with van der Waals surface area (Å²) in [5, 5.41) is 0. The zero-order valence-electron chi connectivity index (χ0n) is 17.0. The first-order chi connectivity index (χ1) is 14.2. The molecule has 2 N–H and O–H groups in total. The Balaban J connectivity index is 2.10. The number of aromatic nitrogens is 4. The highest BCUT2D eigenvalue weighted by atomic mass is 16.7. The molecule has 30 heavy (non-hydrogen) atoms. The Morgan fingerprint density at radius 2 is 1.77 bits per heavy atom. The molecule has 4 atom stereocenters. The van der Waals surface area contributed by atoms with Crippen molar-refractivity contribution in [3.63, 3.8) is 0 Å². The lowest BCUT2D eigenvalue weighted by Crippen LogP contribution is -2.40. The van der Waals surface area contributed by atoms with Gasteiger partial charge in [-0.1, -0.05) is 6.92 Å². The van der Waals surface area contributed by atoms with Crippen molar-refractivity contribution in [2.75, 3.05) is 12.3 Å². The highest BCUT2D eigenvalue weighted by Gasteiger charge is 2.51. The highest BCUT2D eigenvalue weighted by Crippen LogP contribution is 2.37. The third-order valence-electron chi connectivity index (χ3n) is 4.49. The summed E-state index contributed by atoms with van der Waals surface area (Å²) < 4.78 is 23.6. The minimum atomic E-state index is -1.04. The molecular formula is C18H23N5O7. The van der Waals surface area contributed by atoms with Gasteiger partial charge in [0.1, 0.15) is 24.9 Å². The number of nitrogens with two attached hydrogens (primary N) is 1. The quantitative estimate of drug-likeness (QED) is 0.505. The summed E-state index contributed by atoms with van der Waals surface area (Å²) in [5.41, 5.74) is 6.67. The van der Waals surface area contributed by atoms with Crippen molar-refractivity contribution in [3.8, 4) is 0 Å². The normalized spacial score (nSPS) is 23.3. The Kier molecular flexibility index (Phi) is 6.15. The summed E-state index contributed by atoms with van der Waals surface area (Å²) in [6.07, 6.45) is -2.12. The Hall–Kier alpha value is -3.28. The van der Waals surface area contributed by atoms with Gasteiger partial charge in [-0.25, -0.2) is 15.0 Å². The number of nitrogens with zero attached hydrogens (tertiary/aromatic N) is 4. The SMILES string of the molecule is CCc1nc2c(N)ncnc2n1[C@@H]1O[C@H](COC(C)=O)[C@@H](OC(C)=O)[C@H]1OC(C)=O. The molecule has 0 aromatic carbocycles. The maximum Gasteiger partial charge on any atom is 0.303 e. The standard InChI is InChI=1S/C18H23N5O7/c1-5-12-22-13-16(19)20-7-21-17(13)23(12)18-15(29-10(4)26)14(28-9(3)25)11(30-18)6-27-8(2)24/h7,11,14-15,18H,5-6H2,1-4H3,(H2,19,20,21)/t11-,14-,15-,18-/m1/s1. The van der Waals surface area contributed by atoms with Crippen LogP contribution in [-0.4, -0.2) is 62.3 Å². The smallest absolute Gasteiger partial charge is 0.303 e. The summed E-state index contributed by atoms with van der Waals surface area (Å²) in [6.45, 7) is 5.37. The van der Waals surface area contributed by atoms with Crippen molar-refractivity contribution in [1.29, 1.82) is 0 Å². The number of hydrogen-bond acceptors (Lipinski definition) is 11. The summed E-state index contributed by atoms with van der Waals surface area (Å²) >= 11 is 0. The van der Waals surface area contributed by atoms with Gasteiger partial charge in [0, 0.05) is 27.2 Å². The molecule has 0 bridgehead atoms. The van der Waals surface area contributed by atoms with E-state index in [1.807, 2.05) is 6.92 Å². The summed E-state index contributed by atoms with van der Waals surface area (Å²) in [6, 6.07) is 0. The number of nitrogen functional groups attached to an aromatic ring is 1. The fraction of sp³-hybridized carbons (Fsp3) is 0.556. The van der Waals surface area contributed by atoms with Crippen LogP contribution in [0, 0.1) is 0 Å². The van der Waals surface area contributed by atoms with Crippen molar-refractivity contribution in [2.45, 2.75) is 58.7 Å². The van der Waals surface area contributed by atoms with Gasteiger partial charge in [-0.2, -0.15) is 0 Å². The lowest BCUT2D eigenvalue weighted by molar-refractivity contribution is -0.166. The molecule has 1 aliphatic heterocycles. The number of hydrogen-bond donors (Lipinski definition) is 1. The first kappa shape index (κ1) is 21.4. The van der Waals surface area contributed by atoms with Gasteiger partial charge in [-0.15, -0.1) is 0 Å². The number of fused-ring (bicyclic) bond motifs is 1. The van der Waals surface area contributed by atoms with Gasteiger partial charge in [-0.3, -0.25) is 19.0 Å².